The molecule has 0 fully saturated rings. The Hall–Kier alpha value is -3.10. The highest BCUT2D eigenvalue weighted by atomic mass is 16.7. The van der Waals surface area contributed by atoms with Crippen LogP contribution >= 0.6 is 0 Å². The number of carbonyl (C=O) groups is 2. The van der Waals surface area contributed by atoms with E-state index in [1.165, 1.54) is 14.2 Å². The molecule has 0 heterocycles. The average Bonchev–Trinajstić information content (AvgIpc) is 2.83. The van der Waals surface area contributed by atoms with Crippen molar-refractivity contribution in [2.75, 3.05) is 14.2 Å². The van der Waals surface area contributed by atoms with Gasteiger partial charge in [-0.3, -0.25) is 0 Å². The summed E-state index contributed by atoms with van der Waals surface area (Å²) >= 11 is 0. The highest BCUT2D eigenvalue weighted by Gasteiger charge is 2.34. The van der Waals surface area contributed by atoms with E-state index in [2.05, 4.69) is 13.8 Å². The Morgan fingerprint density at radius 1 is 0.595 bits per heavy atom. The Balaban J connectivity index is 2.11. The minimum absolute atomic E-state index is 0.332. The van der Waals surface area contributed by atoms with Gasteiger partial charge in [-0.15, -0.1) is 0 Å². The first kappa shape index (κ1) is 30.1. The predicted molar refractivity (Wildman–Crippen MR) is 140 cm³/mol. The molecule has 0 spiro atoms. The normalized spacial score (nSPS) is 13.9. The molecule has 0 saturated carbocycles. The summed E-state index contributed by atoms with van der Waals surface area (Å²) in [6.07, 6.45) is -1.32. The smallest absolute Gasteiger partial charge is 0.352 e. The lowest BCUT2D eigenvalue weighted by Gasteiger charge is -2.29. The van der Waals surface area contributed by atoms with Crippen LogP contribution in [0.2, 0.25) is 0 Å². The van der Waals surface area contributed by atoms with Gasteiger partial charge in [0.05, 0.1) is 0 Å². The second kappa shape index (κ2) is 12.0. The second-order valence-electron chi connectivity index (χ2n) is 10.3. The van der Waals surface area contributed by atoms with E-state index in [0.29, 0.717) is 11.5 Å². The highest BCUT2D eigenvalue weighted by Crippen LogP contribution is 2.34. The van der Waals surface area contributed by atoms with Gasteiger partial charge in [0.15, 0.2) is 23.8 Å². The van der Waals surface area contributed by atoms with Crippen LogP contribution in [0, 0.1) is 0 Å². The molecule has 0 aliphatic heterocycles. The molecule has 0 bridgehead atoms. The molecule has 0 aliphatic rings. The van der Waals surface area contributed by atoms with Gasteiger partial charge in [-0.05, 0) is 76.9 Å². The van der Waals surface area contributed by atoms with Crippen LogP contribution in [0.15, 0.2) is 48.5 Å². The fourth-order valence-electron chi connectivity index (χ4n) is 3.40. The number of hydrogen-bond donors (Lipinski definition) is 0. The van der Waals surface area contributed by atoms with E-state index in [1.54, 1.807) is 41.5 Å². The fraction of sp³-hybridized carbons (Fsp3) is 0.517. The maximum atomic E-state index is 12.4. The van der Waals surface area contributed by atoms with Crippen LogP contribution < -0.4 is 9.47 Å². The van der Waals surface area contributed by atoms with E-state index >= 15 is 0 Å². The van der Waals surface area contributed by atoms with Crippen LogP contribution in [0.25, 0.3) is 0 Å². The van der Waals surface area contributed by atoms with Crippen molar-refractivity contribution < 1.29 is 38.0 Å². The first-order valence-electron chi connectivity index (χ1n) is 12.2. The zero-order valence-electron chi connectivity index (χ0n) is 23.5. The SMILES string of the molecule is COC(C)OC(=O)C(C)(C)Oc1ccc(C(C)(C)c2ccc(OC(C)(C)C(=O)OC(C)OC)cc2)cc1. The molecule has 8 heteroatoms. The van der Waals surface area contributed by atoms with Crippen molar-refractivity contribution in [1.82, 2.24) is 0 Å². The van der Waals surface area contributed by atoms with E-state index < -0.39 is 35.7 Å². The molecular weight excluding hydrogens is 476 g/mol. The Kier molecular flexibility index (Phi) is 9.74. The van der Waals surface area contributed by atoms with Crippen molar-refractivity contribution in [2.24, 2.45) is 0 Å². The van der Waals surface area contributed by atoms with Gasteiger partial charge in [-0.1, -0.05) is 38.1 Å². The number of benzene rings is 2. The summed E-state index contributed by atoms with van der Waals surface area (Å²) in [7, 11) is 2.93. The molecular formula is C29H40O8. The molecule has 37 heavy (non-hydrogen) atoms. The standard InChI is InChI=1S/C29H40O8/c1-19(32-9)34-25(30)28(5,6)36-23-15-11-21(12-16-23)27(3,4)22-13-17-24(18-14-22)37-29(7,8)26(31)35-20(2)33-10/h11-20H,1-10H3. The van der Waals surface area contributed by atoms with Crippen LogP contribution in [0.1, 0.15) is 66.5 Å². The molecule has 0 aromatic heterocycles. The van der Waals surface area contributed by atoms with Gasteiger partial charge in [0, 0.05) is 19.6 Å². The number of methoxy groups -OCH3 is 2. The number of rotatable bonds is 12. The van der Waals surface area contributed by atoms with Crippen LogP contribution in [0.4, 0.5) is 0 Å². The third kappa shape index (κ3) is 7.94. The van der Waals surface area contributed by atoms with Gasteiger partial charge in [0.2, 0.25) is 0 Å². The van der Waals surface area contributed by atoms with Gasteiger partial charge < -0.3 is 28.4 Å². The van der Waals surface area contributed by atoms with E-state index in [9.17, 15) is 9.59 Å². The van der Waals surface area contributed by atoms with Crippen molar-refractivity contribution in [3.8, 4) is 11.5 Å². The minimum atomic E-state index is -1.18. The lowest BCUT2D eigenvalue weighted by Crippen LogP contribution is -2.41. The highest BCUT2D eigenvalue weighted by molar-refractivity contribution is 5.79. The summed E-state index contributed by atoms with van der Waals surface area (Å²) in [5.74, 6) is 0.0656. The van der Waals surface area contributed by atoms with E-state index in [1.807, 2.05) is 48.5 Å². The minimum Gasteiger partial charge on any atom is -0.476 e. The molecule has 0 amide bonds. The fourth-order valence-corrected chi connectivity index (χ4v) is 3.40. The Bertz CT molecular complexity index is 955. The maximum absolute atomic E-state index is 12.4. The van der Waals surface area contributed by atoms with Crippen molar-refractivity contribution in [2.45, 2.75) is 84.6 Å². The number of carbonyl (C=O) groups excluding carboxylic acids is 2. The Labute approximate surface area is 220 Å². The van der Waals surface area contributed by atoms with Crippen LogP contribution in [0.3, 0.4) is 0 Å². The number of hydrogen-bond acceptors (Lipinski definition) is 8. The van der Waals surface area contributed by atoms with E-state index in [-0.39, 0.29) is 5.41 Å². The molecule has 0 aliphatic carbocycles. The summed E-state index contributed by atoms with van der Waals surface area (Å²) in [5.41, 5.74) is -0.580. The van der Waals surface area contributed by atoms with Crippen molar-refractivity contribution in [3.05, 3.63) is 59.7 Å². The summed E-state index contributed by atoms with van der Waals surface area (Å²) in [6, 6.07) is 15.2. The van der Waals surface area contributed by atoms with Gasteiger partial charge in [0.25, 0.3) is 0 Å². The lowest BCUT2D eigenvalue weighted by atomic mass is 9.78. The van der Waals surface area contributed by atoms with Crippen molar-refractivity contribution in [1.29, 1.82) is 0 Å². The van der Waals surface area contributed by atoms with Crippen LogP contribution in [0.5, 0.6) is 11.5 Å². The summed E-state index contributed by atoms with van der Waals surface area (Å²) in [5, 5.41) is 0. The molecule has 0 N–H and O–H groups in total. The van der Waals surface area contributed by atoms with E-state index in [0.717, 1.165) is 11.1 Å². The number of ether oxygens (including phenoxy) is 6. The van der Waals surface area contributed by atoms with Gasteiger partial charge >= 0.3 is 11.9 Å². The topological polar surface area (TPSA) is 89.5 Å². The Morgan fingerprint density at radius 2 is 0.892 bits per heavy atom. The summed E-state index contributed by atoms with van der Waals surface area (Å²) in [4.78, 5) is 24.8. The third-order valence-electron chi connectivity index (χ3n) is 6.09. The molecule has 2 aromatic rings. The zero-order chi connectivity index (χ0) is 28.0. The molecule has 2 aromatic carbocycles. The molecule has 8 nitrogen and oxygen atoms in total. The van der Waals surface area contributed by atoms with Gasteiger partial charge in [-0.25, -0.2) is 9.59 Å². The van der Waals surface area contributed by atoms with Crippen LogP contribution in [-0.4, -0.2) is 49.9 Å². The zero-order valence-corrected chi connectivity index (χ0v) is 23.5. The second-order valence-corrected chi connectivity index (χ2v) is 10.3. The predicted octanol–water partition coefficient (Wildman–Crippen LogP) is 5.40. The summed E-state index contributed by atoms with van der Waals surface area (Å²) in [6.45, 7) is 14.1. The quantitative estimate of drug-likeness (QED) is 0.274. The molecule has 204 valence electrons. The van der Waals surface area contributed by atoms with Gasteiger partial charge in [0.1, 0.15) is 11.5 Å². The molecule has 2 atom stereocenters. The maximum Gasteiger partial charge on any atom is 0.352 e. The van der Waals surface area contributed by atoms with E-state index in [4.69, 9.17) is 28.4 Å². The molecule has 0 saturated heterocycles. The average molecular weight is 517 g/mol. The molecule has 0 radical (unpaired) electrons. The first-order chi connectivity index (χ1) is 17.1. The van der Waals surface area contributed by atoms with Crippen LogP contribution in [-0.2, 0) is 34.0 Å². The van der Waals surface area contributed by atoms with Crippen molar-refractivity contribution >= 4 is 11.9 Å². The third-order valence-corrected chi connectivity index (χ3v) is 6.09. The molecule has 2 unspecified atom stereocenters. The first-order valence-corrected chi connectivity index (χ1v) is 12.2. The van der Waals surface area contributed by atoms with Crippen molar-refractivity contribution in [3.63, 3.8) is 0 Å². The molecule has 2 rings (SSSR count). The van der Waals surface area contributed by atoms with Gasteiger partial charge in [-0.2, -0.15) is 0 Å². The monoisotopic (exact) mass is 516 g/mol. The number of esters is 2. The largest absolute Gasteiger partial charge is 0.476 e. The lowest BCUT2D eigenvalue weighted by molar-refractivity contribution is -0.185. The Morgan fingerprint density at radius 3 is 1.16 bits per heavy atom. The summed E-state index contributed by atoms with van der Waals surface area (Å²) < 4.78 is 32.2.